The topological polar surface area (TPSA) is 75.4 Å². The number of hydrogen-bond donors (Lipinski definition) is 2. The van der Waals surface area contributed by atoms with Crippen molar-refractivity contribution in [3.8, 4) is 0 Å². The van der Waals surface area contributed by atoms with Crippen molar-refractivity contribution in [1.82, 2.24) is 10.2 Å². The van der Waals surface area contributed by atoms with Crippen LogP contribution in [0.25, 0.3) is 0 Å². The van der Waals surface area contributed by atoms with E-state index >= 15 is 0 Å². The Hall–Kier alpha value is -0.750. The number of rotatable bonds is 6. The van der Waals surface area contributed by atoms with Gasteiger partial charge < -0.3 is 16.0 Å². The first kappa shape index (κ1) is 14.2. The summed E-state index contributed by atoms with van der Waals surface area (Å²) in [5.41, 5.74) is 5.69. The van der Waals surface area contributed by atoms with E-state index in [4.69, 9.17) is 5.73 Å². The summed E-state index contributed by atoms with van der Waals surface area (Å²) in [6.07, 6.45) is 2.60. The zero-order chi connectivity index (χ0) is 11.8. The Morgan fingerprint density at radius 3 is 2.60 bits per heavy atom. The Morgan fingerprint density at radius 1 is 1.53 bits per heavy atom. The maximum atomic E-state index is 11.6. The molecular formula is C9H19N3O2S. The Morgan fingerprint density at radius 2 is 2.13 bits per heavy atom. The molecule has 88 valence electrons. The van der Waals surface area contributed by atoms with Crippen LogP contribution in [0, 0.1) is 0 Å². The number of amides is 2. The van der Waals surface area contributed by atoms with Crippen LogP contribution in [-0.2, 0) is 9.59 Å². The molecule has 0 fully saturated rings. The van der Waals surface area contributed by atoms with Crippen LogP contribution in [0.15, 0.2) is 0 Å². The van der Waals surface area contributed by atoms with E-state index in [9.17, 15) is 9.59 Å². The second-order valence-electron chi connectivity index (χ2n) is 3.26. The van der Waals surface area contributed by atoms with E-state index in [0.29, 0.717) is 6.42 Å². The molecular weight excluding hydrogens is 214 g/mol. The smallest absolute Gasteiger partial charge is 0.239 e. The zero-order valence-electron chi connectivity index (χ0n) is 9.45. The van der Waals surface area contributed by atoms with E-state index in [1.807, 2.05) is 6.26 Å². The number of carbonyl (C=O) groups is 2. The molecule has 0 saturated heterocycles. The molecule has 0 aliphatic heterocycles. The van der Waals surface area contributed by atoms with Gasteiger partial charge in [-0.1, -0.05) is 0 Å². The van der Waals surface area contributed by atoms with E-state index in [2.05, 4.69) is 5.32 Å². The monoisotopic (exact) mass is 233 g/mol. The Labute approximate surface area is 94.8 Å². The first-order chi connectivity index (χ1) is 7.02. The molecule has 0 aliphatic carbocycles. The largest absolute Gasteiger partial charge is 0.358 e. The van der Waals surface area contributed by atoms with Gasteiger partial charge in [0.05, 0.1) is 12.6 Å². The van der Waals surface area contributed by atoms with Crippen LogP contribution in [0.2, 0.25) is 0 Å². The van der Waals surface area contributed by atoms with Gasteiger partial charge in [-0.2, -0.15) is 11.8 Å². The predicted molar refractivity (Wildman–Crippen MR) is 62.7 cm³/mol. The number of nitrogens with one attached hydrogen (secondary N) is 1. The molecule has 1 atom stereocenters. The molecule has 0 aliphatic rings. The zero-order valence-corrected chi connectivity index (χ0v) is 10.3. The van der Waals surface area contributed by atoms with Gasteiger partial charge in [-0.05, 0) is 18.4 Å². The van der Waals surface area contributed by atoms with Crippen molar-refractivity contribution in [2.24, 2.45) is 5.73 Å². The lowest BCUT2D eigenvalue weighted by molar-refractivity contribution is -0.135. The van der Waals surface area contributed by atoms with Gasteiger partial charge in [0.1, 0.15) is 0 Å². The number of likely N-dealkylation sites (N-methyl/N-ethyl adjacent to an activating group) is 2. The number of carbonyl (C=O) groups excluding carboxylic acids is 2. The van der Waals surface area contributed by atoms with E-state index in [1.54, 1.807) is 18.8 Å². The standard InChI is InChI=1S/C9H19N3O2S/c1-11-8(13)6-12(2)9(14)7(10)4-5-15-3/h7H,4-6,10H2,1-3H3,(H,11,13)/t7-/m1/s1. The normalized spacial score (nSPS) is 12.0. The summed E-state index contributed by atoms with van der Waals surface area (Å²) in [6, 6.07) is -0.507. The van der Waals surface area contributed by atoms with Crippen molar-refractivity contribution < 1.29 is 9.59 Å². The fourth-order valence-electron chi connectivity index (χ4n) is 1.02. The van der Waals surface area contributed by atoms with Gasteiger partial charge in [0, 0.05) is 14.1 Å². The van der Waals surface area contributed by atoms with E-state index in [1.165, 1.54) is 11.9 Å². The van der Waals surface area contributed by atoms with Crippen LogP contribution >= 0.6 is 11.8 Å². The molecule has 5 nitrogen and oxygen atoms in total. The van der Waals surface area contributed by atoms with Gasteiger partial charge in [0.2, 0.25) is 11.8 Å². The molecule has 0 radical (unpaired) electrons. The van der Waals surface area contributed by atoms with Gasteiger partial charge in [-0.25, -0.2) is 0 Å². The molecule has 0 rings (SSSR count). The molecule has 15 heavy (non-hydrogen) atoms. The lowest BCUT2D eigenvalue weighted by Crippen LogP contribution is -2.45. The fourth-order valence-corrected chi connectivity index (χ4v) is 1.51. The Bertz CT molecular complexity index is 223. The van der Waals surface area contributed by atoms with Crippen molar-refractivity contribution in [1.29, 1.82) is 0 Å². The van der Waals surface area contributed by atoms with Crippen molar-refractivity contribution in [2.45, 2.75) is 12.5 Å². The number of nitrogens with two attached hydrogens (primary N) is 1. The molecule has 0 unspecified atom stereocenters. The molecule has 3 N–H and O–H groups in total. The number of thioether (sulfide) groups is 1. The lowest BCUT2D eigenvalue weighted by atomic mass is 10.2. The maximum absolute atomic E-state index is 11.6. The highest BCUT2D eigenvalue weighted by molar-refractivity contribution is 7.98. The molecule has 0 aromatic rings. The lowest BCUT2D eigenvalue weighted by Gasteiger charge is -2.20. The highest BCUT2D eigenvalue weighted by Gasteiger charge is 2.18. The van der Waals surface area contributed by atoms with Gasteiger partial charge in [0.25, 0.3) is 0 Å². The van der Waals surface area contributed by atoms with E-state index in [0.717, 1.165) is 5.75 Å². The minimum atomic E-state index is -0.507. The molecule has 0 aromatic carbocycles. The summed E-state index contributed by atoms with van der Waals surface area (Å²) < 4.78 is 0. The van der Waals surface area contributed by atoms with Crippen LogP contribution in [-0.4, -0.2) is 55.4 Å². The second kappa shape index (κ2) is 7.53. The van der Waals surface area contributed by atoms with Crippen LogP contribution in [0.3, 0.4) is 0 Å². The van der Waals surface area contributed by atoms with Crippen LogP contribution in [0.5, 0.6) is 0 Å². The summed E-state index contributed by atoms with van der Waals surface area (Å²) >= 11 is 1.65. The molecule has 0 spiro atoms. The number of hydrogen-bond acceptors (Lipinski definition) is 4. The van der Waals surface area contributed by atoms with Crippen molar-refractivity contribution >= 4 is 23.6 Å². The second-order valence-corrected chi connectivity index (χ2v) is 4.24. The summed E-state index contributed by atoms with van der Waals surface area (Å²) in [6.45, 7) is 0.0578. The SMILES string of the molecule is CNC(=O)CN(C)C(=O)[C@H](N)CCSC. The van der Waals surface area contributed by atoms with Crippen LogP contribution in [0.4, 0.5) is 0 Å². The molecule has 0 saturated carbocycles. The van der Waals surface area contributed by atoms with Crippen molar-refractivity contribution in [3.05, 3.63) is 0 Å². The first-order valence-electron chi connectivity index (χ1n) is 4.73. The highest BCUT2D eigenvalue weighted by Crippen LogP contribution is 2.01. The minimum Gasteiger partial charge on any atom is -0.358 e. The van der Waals surface area contributed by atoms with Gasteiger partial charge in [-0.3, -0.25) is 9.59 Å². The summed E-state index contributed by atoms with van der Waals surface area (Å²) in [5, 5.41) is 2.46. The summed E-state index contributed by atoms with van der Waals surface area (Å²) in [5.74, 6) is 0.469. The van der Waals surface area contributed by atoms with Crippen molar-refractivity contribution in [3.63, 3.8) is 0 Å². The number of nitrogens with zero attached hydrogens (tertiary/aromatic N) is 1. The first-order valence-corrected chi connectivity index (χ1v) is 6.12. The van der Waals surface area contributed by atoms with Gasteiger partial charge in [-0.15, -0.1) is 0 Å². The average Bonchev–Trinajstić information content (AvgIpc) is 2.24. The quantitative estimate of drug-likeness (QED) is 0.634. The third kappa shape index (κ3) is 5.64. The molecule has 0 aromatic heterocycles. The third-order valence-electron chi connectivity index (χ3n) is 1.99. The fraction of sp³-hybridized carbons (Fsp3) is 0.778. The van der Waals surface area contributed by atoms with Gasteiger partial charge in [0.15, 0.2) is 0 Å². The molecule has 2 amide bonds. The predicted octanol–water partition coefficient (Wildman–Crippen LogP) is -0.729. The minimum absolute atomic E-state index is 0.0578. The molecule has 0 heterocycles. The average molecular weight is 233 g/mol. The maximum Gasteiger partial charge on any atom is 0.239 e. The highest BCUT2D eigenvalue weighted by atomic mass is 32.2. The summed E-state index contributed by atoms with van der Waals surface area (Å²) in [7, 11) is 3.12. The van der Waals surface area contributed by atoms with Crippen molar-refractivity contribution in [2.75, 3.05) is 32.6 Å². The van der Waals surface area contributed by atoms with Crippen LogP contribution < -0.4 is 11.1 Å². The third-order valence-corrected chi connectivity index (χ3v) is 2.63. The van der Waals surface area contributed by atoms with Gasteiger partial charge >= 0.3 is 0 Å². The molecule has 0 bridgehead atoms. The summed E-state index contributed by atoms with van der Waals surface area (Å²) in [4.78, 5) is 24.0. The van der Waals surface area contributed by atoms with E-state index < -0.39 is 6.04 Å². The van der Waals surface area contributed by atoms with Crippen LogP contribution in [0.1, 0.15) is 6.42 Å². The van der Waals surface area contributed by atoms with E-state index in [-0.39, 0.29) is 18.4 Å². The Kier molecular flexibility index (Phi) is 7.15. The molecule has 6 heteroatoms. The Balaban J connectivity index is 4.01.